The summed E-state index contributed by atoms with van der Waals surface area (Å²) in [6.45, 7) is 2.13. The molecule has 0 N–H and O–H groups in total. The van der Waals surface area contributed by atoms with Crippen molar-refractivity contribution in [2.45, 2.75) is 25.7 Å². The molecule has 5 heteroatoms. The summed E-state index contributed by atoms with van der Waals surface area (Å²) in [6.07, 6.45) is 8.43. The van der Waals surface area contributed by atoms with E-state index in [4.69, 9.17) is 21.6 Å². The zero-order chi connectivity index (χ0) is 28.2. The van der Waals surface area contributed by atoms with Gasteiger partial charge < -0.3 is 0 Å². The van der Waals surface area contributed by atoms with Crippen molar-refractivity contribution < 1.29 is 0 Å². The average molecular weight is 582 g/mol. The lowest BCUT2D eigenvalue weighted by Gasteiger charge is -2.26. The predicted molar refractivity (Wildman–Crippen MR) is 181 cm³/mol. The number of anilines is 1. The summed E-state index contributed by atoms with van der Waals surface area (Å²) in [4.78, 5) is 12.5. The molecule has 0 saturated carbocycles. The number of hydrogen-bond acceptors (Lipinski definition) is 4. The molecule has 0 fully saturated rings. The van der Waals surface area contributed by atoms with Crippen molar-refractivity contribution in [3.63, 3.8) is 0 Å². The fraction of sp³-hybridized carbons (Fsp3) is 0.135. The number of nitrogens with zero attached hydrogens (tertiary/aromatic N) is 3. The summed E-state index contributed by atoms with van der Waals surface area (Å²) in [5, 5.41) is 3.17. The van der Waals surface area contributed by atoms with Crippen LogP contribution in [0.4, 0.5) is 5.69 Å². The van der Waals surface area contributed by atoms with Crippen molar-refractivity contribution in [3.8, 4) is 0 Å². The molecular weight excluding hydrogens is 554 g/mol. The Morgan fingerprint density at radius 2 is 1.57 bits per heavy atom. The quantitative estimate of drug-likeness (QED) is 0.204. The molecule has 3 heterocycles. The first-order valence-corrected chi connectivity index (χ1v) is 15.6. The van der Waals surface area contributed by atoms with E-state index < -0.39 is 0 Å². The molecule has 3 nitrogen and oxygen atoms in total. The first-order chi connectivity index (χ1) is 20.6. The largest absolute Gasteiger partial charge is 0.282 e. The summed E-state index contributed by atoms with van der Waals surface area (Å²) >= 11 is 8.65. The normalized spacial score (nSPS) is 21.4. The fourth-order valence-corrected chi connectivity index (χ4v) is 7.66. The zero-order valence-electron chi connectivity index (χ0n) is 23.2. The van der Waals surface area contributed by atoms with E-state index in [-0.39, 0.29) is 11.8 Å². The van der Waals surface area contributed by atoms with E-state index in [1.807, 2.05) is 11.3 Å². The Hall–Kier alpha value is -4.25. The molecule has 1 aliphatic carbocycles. The van der Waals surface area contributed by atoms with Crippen LogP contribution in [-0.2, 0) is 0 Å². The summed E-state index contributed by atoms with van der Waals surface area (Å²) in [5.41, 5.74) is 8.25. The van der Waals surface area contributed by atoms with Crippen LogP contribution >= 0.6 is 22.9 Å². The van der Waals surface area contributed by atoms with Crippen LogP contribution < -0.4 is 4.90 Å². The minimum atomic E-state index is 0.0961. The number of thiophene rings is 1. The Labute approximate surface area is 254 Å². The first kappa shape index (κ1) is 25.5. The molecule has 0 radical (unpaired) electrons. The molecule has 204 valence electrons. The van der Waals surface area contributed by atoms with Gasteiger partial charge in [0.05, 0.1) is 11.4 Å². The highest BCUT2D eigenvalue weighted by Gasteiger charge is 2.38. The number of halogens is 1. The van der Waals surface area contributed by atoms with Crippen LogP contribution in [-0.4, -0.2) is 11.1 Å². The third-order valence-electron chi connectivity index (χ3n) is 8.57. The maximum atomic E-state index is 6.82. The lowest BCUT2D eigenvalue weighted by Crippen LogP contribution is -2.29. The van der Waals surface area contributed by atoms with Gasteiger partial charge in [-0.05, 0) is 53.8 Å². The van der Waals surface area contributed by atoms with Crippen LogP contribution in [0.3, 0.4) is 0 Å². The van der Waals surface area contributed by atoms with Crippen molar-refractivity contribution in [3.05, 3.63) is 138 Å². The molecule has 5 aromatic rings. The Morgan fingerprint density at radius 3 is 2.48 bits per heavy atom. The van der Waals surface area contributed by atoms with Crippen molar-refractivity contribution in [1.29, 1.82) is 0 Å². The second kappa shape index (κ2) is 10.2. The molecule has 2 aliphatic heterocycles. The van der Waals surface area contributed by atoms with Crippen LogP contribution in [0.15, 0.2) is 131 Å². The smallest absolute Gasteiger partial charge is 0.236 e. The summed E-state index contributed by atoms with van der Waals surface area (Å²) in [5.74, 6) is 0.939. The lowest BCUT2D eigenvalue weighted by molar-refractivity contribution is 0.799. The summed E-state index contributed by atoms with van der Waals surface area (Å²) in [6, 6.07) is 34.6. The standard InChI is InChI=1S/C37H28ClN3S/c1-23-15-19-31(26-16-18-29-28-12-6-8-14-34(28)42-35(29)22-26)39-37(40-36(23)38)41-32-13-7-5-11-27(32)30-21-25(17-20-33(30)41)24-9-3-2-4-10-24/h2-14,16-20,22-23,30H,15,21H2,1H3/b31-19+,39-37?,40-36?. The maximum absolute atomic E-state index is 6.82. The van der Waals surface area contributed by atoms with Gasteiger partial charge in [0.15, 0.2) is 0 Å². The lowest BCUT2D eigenvalue weighted by atomic mass is 9.85. The maximum Gasteiger partial charge on any atom is 0.236 e. The highest BCUT2D eigenvalue weighted by Crippen LogP contribution is 2.50. The number of benzene rings is 4. The topological polar surface area (TPSA) is 28.0 Å². The number of fused-ring (bicyclic) bond motifs is 6. The van der Waals surface area contributed by atoms with Gasteiger partial charge in [-0.2, -0.15) is 0 Å². The molecule has 42 heavy (non-hydrogen) atoms. The highest BCUT2D eigenvalue weighted by molar-refractivity contribution is 7.25. The van der Waals surface area contributed by atoms with E-state index in [1.165, 1.54) is 42.6 Å². The van der Waals surface area contributed by atoms with Crippen molar-refractivity contribution in [2.75, 3.05) is 4.90 Å². The van der Waals surface area contributed by atoms with Crippen molar-refractivity contribution >= 4 is 71.2 Å². The Morgan fingerprint density at radius 1 is 0.786 bits per heavy atom. The number of guanidine groups is 1. The predicted octanol–water partition coefficient (Wildman–Crippen LogP) is 10.4. The molecule has 1 aromatic heterocycles. The third kappa shape index (κ3) is 4.25. The molecule has 2 atom stereocenters. The van der Waals surface area contributed by atoms with Crippen LogP contribution in [0.25, 0.3) is 31.4 Å². The Kier molecular flexibility index (Phi) is 6.20. The molecule has 0 spiro atoms. The van der Waals surface area contributed by atoms with E-state index in [9.17, 15) is 0 Å². The van der Waals surface area contributed by atoms with Gasteiger partial charge in [0.1, 0.15) is 5.17 Å². The number of allylic oxidation sites excluding steroid dienone is 5. The number of para-hydroxylation sites is 1. The van der Waals surface area contributed by atoms with E-state index in [1.54, 1.807) is 0 Å². The van der Waals surface area contributed by atoms with E-state index in [0.29, 0.717) is 11.1 Å². The van der Waals surface area contributed by atoms with Gasteiger partial charge in [0.2, 0.25) is 5.96 Å². The second-order valence-electron chi connectivity index (χ2n) is 11.2. The van der Waals surface area contributed by atoms with Gasteiger partial charge in [-0.25, -0.2) is 9.98 Å². The fourth-order valence-electron chi connectivity index (χ4n) is 6.35. The van der Waals surface area contributed by atoms with Crippen LogP contribution in [0, 0.1) is 5.92 Å². The number of rotatable bonds is 2. The minimum Gasteiger partial charge on any atom is -0.282 e. The van der Waals surface area contributed by atoms with Crippen LogP contribution in [0.1, 0.15) is 42.4 Å². The van der Waals surface area contributed by atoms with Gasteiger partial charge >= 0.3 is 0 Å². The molecule has 8 rings (SSSR count). The van der Waals surface area contributed by atoms with Gasteiger partial charge in [-0.1, -0.05) is 110 Å². The third-order valence-corrected chi connectivity index (χ3v) is 10.2. The Balaban J connectivity index is 1.27. The average Bonchev–Trinajstić information content (AvgIpc) is 3.57. The molecule has 4 aromatic carbocycles. The van der Waals surface area contributed by atoms with E-state index >= 15 is 0 Å². The molecule has 0 amide bonds. The van der Waals surface area contributed by atoms with Gasteiger partial charge in [0.25, 0.3) is 0 Å². The minimum absolute atomic E-state index is 0.0961. The highest BCUT2D eigenvalue weighted by atomic mass is 35.5. The van der Waals surface area contributed by atoms with Crippen LogP contribution in [0.2, 0.25) is 0 Å². The monoisotopic (exact) mass is 581 g/mol. The van der Waals surface area contributed by atoms with Gasteiger partial charge in [0, 0.05) is 43.3 Å². The molecular formula is C37H28ClN3S. The summed E-state index contributed by atoms with van der Waals surface area (Å²) < 4.78 is 2.57. The number of aliphatic imine (C=N–C) groups is 2. The molecule has 0 bridgehead atoms. The second-order valence-corrected chi connectivity index (χ2v) is 12.7. The summed E-state index contributed by atoms with van der Waals surface area (Å²) in [7, 11) is 0. The molecule has 2 unspecified atom stereocenters. The van der Waals surface area contributed by atoms with Crippen molar-refractivity contribution in [2.24, 2.45) is 15.9 Å². The SMILES string of the molecule is CC1C/C=C(\c2ccc3c(c2)sc2ccccc23)N=C(N2C3=CC=C(c4ccccc4)CC3c3ccccc32)N=C1Cl. The van der Waals surface area contributed by atoms with E-state index in [0.717, 1.165) is 29.8 Å². The molecule has 0 saturated heterocycles. The van der Waals surface area contributed by atoms with E-state index in [2.05, 4.69) is 127 Å². The van der Waals surface area contributed by atoms with Gasteiger partial charge in [-0.3, -0.25) is 4.90 Å². The number of hydrogen-bond donors (Lipinski definition) is 0. The van der Waals surface area contributed by atoms with Gasteiger partial charge in [-0.15, -0.1) is 11.3 Å². The Bertz CT molecular complexity index is 2030. The van der Waals surface area contributed by atoms with Crippen molar-refractivity contribution in [1.82, 2.24) is 0 Å². The zero-order valence-corrected chi connectivity index (χ0v) is 24.7. The van der Waals surface area contributed by atoms with Crippen LogP contribution in [0.5, 0.6) is 0 Å². The first-order valence-electron chi connectivity index (χ1n) is 14.4. The molecule has 3 aliphatic rings.